The Bertz CT molecular complexity index is 532. The summed E-state index contributed by atoms with van der Waals surface area (Å²) in [5, 5.41) is 34.5. The Morgan fingerprint density at radius 1 is 0.239 bits per heavy atom. The lowest BCUT2D eigenvalue weighted by atomic mass is 10.0. The van der Waals surface area contributed by atoms with Crippen LogP contribution in [0.4, 0.5) is 0 Å². The zero-order valence-corrected chi connectivity index (χ0v) is 30.5. The van der Waals surface area contributed by atoms with Crippen molar-refractivity contribution in [2.45, 2.75) is 231 Å². The van der Waals surface area contributed by atoms with E-state index in [4.69, 9.17) is 20.4 Å². The summed E-state index contributed by atoms with van der Waals surface area (Å²) >= 11 is 0. The third kappa shape index (κ3) is 49.7. The van der Waals surface area contributed by atoms with Crippen LogP contribution in [0.2, 0.25) is 0 Å². The van der Waals surface area contributed by atoms with Gasteiger partial charge in [-0.05, 0) is 25.7 Å². The summed E-state index contributed by atoms with van der Waals surface area (Å²) in [6.45, 7) is 0.704. The Kier molecular flexibility index (Phi) is 44.8. The van der Waals surface area contributed by atoms with E-state index in [0.717, 1.165) is 38.5 Å². The minimum atomic E-state index is -0.660. The Morgan fingerprint density at radius 3 is 0.500 bits per heavy atom. The van der Waals surface area contributed by atoms with E-state index in [1.54, 1.807) is 0 Å². The molecule has 0 saturated heterocycles. The first-order valence-corrected chi connectivity index (χ1v) is 20.2. The van der Waals surface area contributed by atoms with Crippen LogP contribution in [-0.2, 0) is 9.59 Å². The number of carbonyl (C=O) groups is 2. The van der Waals surface area contributed by atoms with E-state index in [1.165, 1.54) is 180 Å². The SMILES string of the molecule is O=C(O)CCCCCCCCCCCCCCCCCCCO.O=C(O)CCCCCCCCCCCCCCCCCCCO. The molecule has 0 unspecified atom stereocenters. The molecule has 0 aliphatic heterocycles. The van der Waals surface area contributed by atoms with Gasteiger partial charge in [0.1, 0.15) is 0 Å². The maximum Gasteiger partial charge on any atom is 0.303 e. The fraction of sp³-hybridized carbons (Fsp3) is 0.950. The summed E-state index contributed by atoms with van der Waals surface area (Å²) in [5.41, 5.74) is 0. The summed E-state index contributed by atoms with van der Waals surface area (Å²) in [6.07, 6.45) is 43.8. The van der Waals surface area contributed by atoms with E-state index in [-0.39, 0.29) is 0 Å². The molecule has 0 aromatic rings. The lowest BCUT2D eigenvalue weighted by Gasteiger charge is -2.03. The number of carboxylic acids is 2. The van der Waals surface area contributed by atoms with Crippen molar-refractivity contribution < 1.29 is 30.0 Å². The number of carboxylic acid groups (broad SMARTS) is 2. The van der Waals surface area contributed by atoms with Gasteiger partial charge in [0, 0.05) is 26.1 Å². The largest absolute Gasteiger partial charge is 0.481 e. The monoisotopic (exact) mass is 657 g/mol. The van der Waals surface area contributed by atoms with Crippen molar-refractivity contribution in [1.29, 1.82) is 0 Å². The molecular formula is C40H80O6. The number of aliphatic carboxylic acids is 2. The van der Waals surface area contributed by atoms with Gasteiger partial charge in [-0.2, -0.15) is 0 Å². The van der Waals surface area contributed by atoms with Crippen LogP contribution in [0.15, 0.2) is 0 Å². The second-order valence-electron chi connectivity index (χ2n) is 13.8. The van der Waals surface area contributed by atoms with Gasteiger partial charge in [0.05, 0.1) is 0 Å². The molecule has 0 heterocycles. The number of aliphatic hydroxyl groups excluding tert-OH is 2. The molecule has 0 aromatic heterocycles. The zero-order chi connectivity index (χ0) is 34.0. The second kappa shape index (κ2) is 43.9. The van der Waals surface area contributed by atoms with Gasteiger partial charge in [0.25, 0.3) is 0 Å². The summed E-state index contributed by atoms with van der Waals surface area (Å²) < 4.78 is 0. The van der Waals surface area contributed by atoms with Crippen LogP contribution in [0.3, 0.4) is 0 Å². The summed E-state index contributed by atoms with van der Waals surface area (Å²) in [7, 11) is 0. The number of hydrogen-bond donors (Lipinski definition) is 4. The number of rotatable bonds is 38. The standard InChI is InChI=1S/2C20H40O3/c2*21-19-17-15-13-11-9-7-5-3-1-2-4-6-8-10-12-14-16-18-20(22)23/h2*21H,1-19H2,(H,22,23). The number of hydrogen-bond acceptors (Lipinski definition) is 4. The van der Waals surface area contributed by atoms with Crippen LogP contribution < -0.4 is 0 Å². The first-order chi connectivity index (χ1) is 22.5. The van der Waals surface area contributed by atoms with Gasteiger partial charge >= 0.3 is 11.9 Å². The molecule has 6 nitrogen and oxygen atoms in total. The first-order valence-electron chi connectivity index (χ1n) is 20.2. The molecule has 0 aliphatic rings. The molecular weight excluding hydrogens is 576 g/mol. The molecule has 46 heavy (non-hydrogen) atoms. The minimum absolute atomic E-state index is 0.336. The summed E-state index contributed by atoms with van der Waals surface area (Å²) in [6, 6.07) is 0. The van der Waals surface area contributed by atoms with E-state index in [2.05, 4.69) is 0 Å². The van der Waals surface area contributed by atoms with Crippen molar-refractivity contribution >= 4 is 11.9 Å². The number of aliphatic hydroxyl groups is 2. The van der Waals surface area contributed by atoms with Gasteiger partial charge in [-0.3, -0.25) is 9.59 Å². The molecule has 4 N–H and O–H groups in total. The molecule has 0 radical (unpaired) electrons. The van der Waals surface area contributed by atoms with Crippen LogP contribution in [0.1, 0.15) is 231 Å². The molecule has 6 heteroatoms. The normalized spacial score (nSPS) is 11.0. The molecule has 0 rings (SSSR count). The lowest BCUT2D eigenvalue weighted by molar-refractivity contribution is -0.138. The van der Waals surface area contributed by atoms with Crippen molar-refractivity contribution in [3.05, 3.63) is 0 Å². The van der Waals surface area contributed by atoms with Crippen molar-refractivity contribution in [3.63, 3.8) is 0 Å². The van der Waals surface area contributed by atoms with Gasteiger partial charge < -0.3 is 20.4 Å². The highest BCUT2D eigenvalue weighted by molar-refractivity contribution is 5.66. The Balaban J connectivity index is 0. The smallest absolute Gasteiger partial charge is 0.303 e. The maximum absolute atomic E-state index is 10.4. The molecule has 0 amide bonds. The predicted molar refractivity (Wildman–Crippen MR) is 196 cm³/mol. The van der Waals surface area contributed by atoms with Gasteiger partial charge in [-0.1, -0.05) is 193 Å². The average molecular weight is 657 g/mol. The average Bonchev–Trinajstić information content (AvgIpc) is 3.03. The van der Waals surface area contributed by atoms with Crippen molar-refractivity contribution in [3.8, 4) is 0 Å². The van der Waals surface area contributed by atoms with Gasteiger partial charge in [-0.25, -0.2) is 0 Å². The minimum Gasteiger partial charge on any atom is -0.481 e. The van der Waals surface area contributed by atoms with Crippen molar-refractivity contribution in [1.82, 2.24) is 0 Å². The Labute approximate surface area is 285 Å². The van der Waals surface area contributed by atoms with Gasteiger partial charge in [-0.15, -0.1) is 0 Å². The first kappa shape index (κ1) is 47.0. The van der Waals surface area contributed by atoms with Crippen LogP contribution in [0.25, 0.3) is 0 Å². The number of unbranched alkanes of at least 4 members (excludes halogenated alkanes) is 32. The quantitative estimate of drug-likeness (QED) is 0.0492. The predicted octanol–water partition coefficient (Wildman–Crippen LogP) is 12.2. The Hall–Kier alpha value is -1.14. The molecule has 0 spiro atoms. The summed E-state index contributed by atoms with van der Waals surface area (Å²) in [4.78, 5) is 20.7. The fourth-order valence-electron chi connectivity index (χ4n) is 6.08. The van der Waals surface area contributed by atoms with Crippen molar-refractivity contribution in [2.24, 2.45) is 0 Å². The topological polar surface area (TPSA) is 115 Å². The Morgan fingerprint density at radius 2 is 0.370 bits per heavy atom. The second-order valence-corrected chi connectivity index (χ2v) is 13.8. The molecule has 0 saturated carbocycles. The van der Waals surface area contributed by atoms with Crippen molar-refractivity contribution in [2.75, 3.05) is 13.2 Å². The molecule has 0 bridgehead atoms. The van der Waals surface area contributed by atoms with Gasteiger partial charge in [0.2, 0.25) is 0 Å². The maximum atomic E-state index is 10.4. The molecule has 0 atom stereocenters. The summed E-state index contributed by atoms with van der Waals surface area (Å²) in [5.74, 6) is -1.32. The van der Waals surface area contributed by atoms with E-state index >= 15 is 0 Å². The van der Waals surface area contributed by atoms with E-state index in [1.807, 2.05) is 0 Å². The highest BCUT2D eigenvalue weighted by atomic mass is 16.4. The van der Waals surface area contributed by atoms with Crippen LogP contribution in [0, 0.1) is 0 Å². The highest BCUT2D eigenvalue weighted by Gasteiger charge is 1.99. The van der Waals surface area contributed by atoms with Gasteiger partial charge in [0.15, 0.2) is 0 Å². The molecule has 0 fully saturated rings. The van der Waals surface area contributed by atoms with E-state index in [9.17, 15) is 9.59 Å². The van der Waals surface area contributed by atoms with Crippen LogP contribution >= 0.6 is 0 Å². The molecule has 0 aliphatic carbocycles. The molecule has 276 valence electrons. The van der Waals surface area contributed by atoms with Crippen LogP contribution in [-0.4, -0.2) is 45.6 Å². The van der Waals surface area contributed by atoms with Crippen LogP contribution in [0.5, 0.6) is 0 Å². The highest BCUT2D eigenvalue weighted by Crippen LogP contribution is 2.16. The zero-order valence-electron chi connectivity index (χ0n) is 30.5. The van der Waals surface area contributed by atoms with E-state index < -0.39 is 11.9 Å². The third-order valence-corrected chi connectivity index (χ3v) is 9.10. The third-order valence-electron chi connectivity index (χ3n) is 9.10. The van der Waals surface area contributed by atoms with E-state index in [0.29, 0.717) is 26.1 Å². The molecule has 0 aromatic carbocycles. The fourth-order valence-corrected chi connectivity index (χ4v) is 6.08. The lowest BCUT2D eigenvalue weighted by Crippen LogP contribution is -1.93.